The minimum Gasteiger partial charge on any atom is -0.334 e. The fourth-order valence-corrected chi connectivity index (χ4v) is 3.39. The molecule has 1 aromatic heterocycles. The van der Waals surface area contributed by atoms with Gasteiger partial charge in [0.2, 0.25) is 5.91 Å². The number of pyridine rings is 1. The highest BCUT2D eigenvalue weighted by molar-refractivity contribution is 5.97. The summed E-state index contributed by atoms with van der Waals surface area (Å²) in [4.78, 5) is 34.7. The highest BCUT2D eigenvalue weighted by Crippen LogP contribution is 2.32. The lowest BCUT2D eigenvalue weighted by molar-refractivity contribution is -0.129. The number of likely N-dealkylation sites (tertiary alicyclic amines) is 1. The van der Waals surface area contributed by atoms with Gasteiger partial charge in [0.05, 0.1) is 29.5 Å². The number of hydrogen-bond donors (Lipinski definition) is 0. The fraction of sp³-hybridized carbons (Fsp3) is 0.588. The summed E-state index contributed by atoms with van der Waals surface area (Å²) in [5.41, 5.74) is 2.47. The first-order chi connectivity index (χ1) is 11.0. The van der Waals surface area contributed by atoms with Gasteiger partial charge in [-0.15, -0.1) is 0 Å². The number of hydrogen-bond acceptors (Lipinski definition) is 4. The number of fused-ring (bicyclic) bond motifs is 1. The monoisotopic (exact) mass is 316 g/mol. The van der Waals surface area contributed by atoms with Gasteiger partial charge in [0, 0.05) is 26.6 Å². The van der Waals surface area contributed by atoms with Gasteiger partial charge in [-0.25, -0.2) is 0 Å². The number of amides is 2. The van der Waals surface area contributed by atoms with Crippen molar-refractivity contribution in [3.05, 3.63) is 29.1 Å². The van der Waals surface area contributed by atoms with E-state index >= 15 is 0 Å². The molecule has 2 amide bonds. The van der Waals surface area contributed by atoms with Crippen molar-refractivity contribution in [2.24, 2.45) is 0 Å². The van der Waals surface area contributed by atoms with Gasteiger partial charge in [-0.1, -0.05) is 0 Å². The molecule has 1 atom stereocenters. The molecule has 0 saturated carbocycles. The van der Waals surface area contributed by atoms with E-state index in [1.807, 2.05) is 36.0 Å². The molecule has 3 rings (SSSR count). The maximum Gasteiger partial charge on any atom is 0.256 e. The largest absolute Gasteiger partial charge is 0.334 e. The molecule has 2 aliphatic heterocycles. The molecule has 1 saturated heterocycles. The summed E-state index contributed by atoms with van der Waals surface area (Å²) in [5.74, 6) is 0.161. The lowest BCUT2D eigenvalue weighted by Gasteiger charge is -2.23. The minimum atomic E-state index is 0.0590. The Balaban J connectivity index is 1.78. The molecule has 3 heterocycles. The Bertz CT molecular complexity index is 629. The third kappa shape index (κ3) is 3.08. The molecule has 23 heavy (non-hydrogen) atoms. The van der Waals surface area contributed by atoms with Crippen LogP contribution in [0.25, 0.3) is 0 Å². The summed E-state index contributed by atoms with van der Waals surface area (Å²) < 4.78 is 0. The molecule has 2 aliphatic rings. The van der Waals surface area contributed by atoms with Gasteiger partial charge < -0.3 is 14.7 Å². The number of carbonyl (C=O) groups excluding carboxylic acids is 2. The van der Waals surface area contributed by atoms with Crippen LogP contribution in [0.4, 0.5) is 0 Å². The summed E-state index contributed by atoms with van der Waals surface area (Å²) >= 11 is 0. The van der Waals surface area contributed by atoms with E-state index in [2.05, 4.69) is 4.90 Å². The van der Waals surface area contributed by atoms with Crippen molar-refractivity contribution in [3.63, 3.8) is 0 Å². The molecule has 0 bridgehead atoms. The second-order valence-corrected chi connectivity index (χ2v) is 6.63. The molecule has 0 unspecified atom stereocenters. The minimum absolute atomic E-state index is 0.0590. The average molecular weight is 316 g/mol. The van der Waals surface area contributed by atoms with E-state index in [0.29, 0.717) is 18.7 Å². The molecule has 1 fully saturated rings. The molecule has 0 spiro atoms. The predicted octanol–water partition coefficient (Wildman–Crippen LogP) is 1.28. The van der Waals surface area contributed by atoms with Gasteiger partial charge in [0.25, 0.3) is 5.91 Å². The van der Waals surface area contributed by atoms with Crippen LogP contribution in [-0.4, -0.2) is 65.2 Å². The van der Waals surface area contributed by atoms with E-state index < -0.39 is 0 Å². The Morgan fingerprint density at radius 2 is 2.17 bits per heavy atom. The Labute approximate surface area is 137 Å². The van der Waals surface area contributed by atoms with Crippen LogP contribution in [0.1, 0.15) is 47.6 Å². The zero-order chi connectivity index (χ0) is 16.6. The fourth-order valence-electron chi connectivity index (χ4n) is 3.39. The number of carbonyl (C=O) groups is 2. The molecule has 1 aromatic rings. The molecule has 0 radical (unpaired) electrons. The van der Waals surface area contributed by atoms with Crippen LogP contribution in [0.5, 0.6) is 0 Å². The second-order valence-electron chi connectivity index (χ2n) is 6.63. The molecule has 0 N–H and O–H groups in total. The lowest BCUT2D eigenvalue weighted by Crippen LogP contribution is -2.31. The van der Waals surface area contributed by atoms with Crippen molar-refractivity contribution >= 4 is 11.8 Å². The van der Waals surface area contributed by atoms with Crippen molar-refractivity contribution < 1.29 is 9.59 Å². The summed E-state index contributed by atoms with van der Waals surface area (Å²) in [6.07, 6.45) is 1.96. The Morgan fingerprint density at radius 3 is 2.87 bits per heavy atom. The smallest absolute Gasteiger partial charge is 0.256 e. The number of rotatable bonds is 4. The topological polar surface area (TPSA) is 56.8 Å². The van der Waals surface area contributed by atoms with Crippen molar-refractivity contribution in [2.45, 2.75) is 32.4 Å². The van der Waals surface area contributed by atoms with Gasteiger partial charge in [-0.2, -0.15) is 0 Å². The SMILES string of the molecule is CC(=O)N1CCC[C@@H]1c1ccc2c(n1)CN(CCN(C)C)C2=O. The van der Waals surface area contributed by atoms with Gasteiger partial charge in [0.1, 0.15) is 0 Å². The van der Waals surface area contributed by atoms with E-state index in [1.165, 1.54) is 0 Å². The number of aromatic nitrogens is 1. The van der Waals surface area contributed by atoms with Gasteiger partial charge in [-0.3, -0.25) is 14.6 Å². The maximum absolute atomic E-state index is 12.4. The van der Waals surface area contributed by atoms with Crippen molar-refractivity contribution in [2.75, 3.05) is 33.7 Å². The first-order valence-corrected chi connectivity index (χ1v) is 8.18. The summed E-state index contributed by atoms with van der Waals surface area (Å²) in [6, 6.07) is 3.86. The number of likely N-dealkylation sites (N-methyl/N-ethyl adjacent to an activating group) is 1. The van der Waals surface area contributed by atoms with Crippen LogP contribution in [0.3, 0.4) is 0 Å². The Morgan fingerprint density at radius 1 is 1.39 bits per heavy atom. The van der Waals surface area contributed by atoms with E-state index in [4.69, 9.17) is 4.98 Å². The molecule has 0 aliphatic carbocycles. The molecule has 124 valence electrons. The van der Waals surface area contributed by atoms with Crippen molar-refractivity contribution in [3.8, 4) is 0 Å². The van der Waals surface area contributed by atoms with Gasteiger partial charge in [0.15, 0.2) is 0 Å². The molecular weight excluding hydrogens is 292 g/mol. The van der Waals surface area contributed by atoms with E-state index in [0.717, 1.165) is 37.3 Å². The molecular formula is C17H24N4O2. The van der Waals surface area contributed by atoms with E-state index in [-0.39, 0.29) is 17.9 Å². The number of nitrogens with zero attached hydrogens (tertiary/aromatic N) is 4. The van der Waals surface area contributed by atoms with Gasteiger partial charge >= 0.3 is 0 Å². The molecule has 6 nitrogen and oxygen atoms in total. The summed E-state index contributed by atoms with van der Waals surface area (Å²) in [5, 5.41) is 0. The van der Waals surface area contributed by atoms with Crippen LogP contribution >= 0.6 is 0 Å². The van der Waals surface area contributed by atoms with Crippen LogP contribution in [0.2, 0.25) is 0 Å². The van der Waals surface area contributed by atoms with E-state index in [9.17, 15) is 9.59 Å². The van der Waals surface area contributed by atoms with Crippen molar-refractivity contribution in [1.82, 2.24) is 19.7 Å². The predicted molar refractivity (Wildman–Crippen MR) is 86.9 cm³/mol. The standard InChI is InChI=1S/C17H24N4O2/c1-12(22)21-8-4-5-16(21)14-7-6-13-15(18-14)11-20(17(13)23)10-9-19(2)3/h6-7,16H,4-5,8-11H2,1-3H3/t16-/m1/s1. The third-order valence-corrected chi connectivity index (χ3v) is 4.67. The Hall–Kier alpha value is -1.95. The first kappa shape index (κ1) is 15.9. The van der Waals surface area contributed by atoms with Crippen molar-refractivity contribution in [1.29, 1.82) is 0 Å². The maximum atomic E-state index is 12.4. The average Bonchev–Trinajstić information content (AvgIpc) is 3.10. The van der Waals surface area contributed by atoms with Crippen LogP contribution in [0.15, 0.2) is 12.1 Å². The molecule has 6 heteroatoms. The Kier molecular flexibility index (Phi) is 4.35. The molecule has 0 aromatic carbocycles. The summed E-state index contributed by atoms with van der Waals surface area (Å²) in [6.45, 7) is 4.53. The summed E-state index contributed by atoms with van der Waals surface area (Å²) in [7, 11) is 4.00. The lowest BCUT2D eigenvalue weighted by atomic mass is 10.1. The van der Waals surface area contributed by atoms with Crippen LogP contribution in [0, 0.1) is 0 Å². The normalized spacial score (nSPS) is 20.5. The zero-order valence-corrected chi connectivity index (χ0v) is 14.1. The highest BCUT2D eigenvalue weighted by Gasteiger charge is 2.32. The zero-order valence-electron chi connectivity index (χ0n) is 14.1. The third-order valence-electron chi connectivity index (χ3n) is 4.67. The van der Waals surface area contributed by atoms with Gasteiger partial charge in [-0.05, 0) is 39.1 Å². The highest BCUT2D eigenvalue weighted by atomic mass is 16.2. The quantitative estimate of drug-likeness (QED) is 0.840. The second kappa shape index (κ2) is 6.28. The first-order valence-electron chi connectivity index (χ1n) is 8.18. The van der Waals surface area contributed by atoms with Crippen LogP contribution < -0.4 is 0 Å². The van der Waals surface area contributed by atoms with E-state index in [1.54, 1.807) is 6.92 Å². The van der Waals surface area contributed by atoms with Crippen LogP contribution in [-0.2, 0) is 11.3 Å².